The van der Waals surface area contributed by atoms with E-state index < -0.39 is 0 Å². The predicted octanol–water partition coefficient (Wildman–Crippen LogP) is 1.27. The molecule has 0 aliphatic carbocycles. The summed E-state index contributed by atoms with van der Waals surface area (Å²) >= 11 is 0. The summed E-state index contributed by atoms with van der Waals surface area (Å²) in [5.74, 6) is 5.24. The molecular formula is C13H10N2O3. The molecule has 1 aromatic heterocycles. The number of rotatable bonds is 2. The Morgan fingerprint density at radius 2 is 2.22 bits per heavy atom. The average molecular weight is 242 g/mol. The Balaban J connectivity index is 2.24. The number of aromatic nitrogens is 1. The van der Waals surface area contributed by atoms with Gasteiger partial charge in [-0.2, -0.15) is 0 Å². The van der Waals surface area contributed by atoms with Crippen molar-refractivity contribution in [2.24, 2.45) is 0 Å². The van der Waals surface area contributed by atoms with Crippen molar-refractivity contribution in [2.45, 2.75) is 0 Å². The minimum Gasteiger partial charge on any atom is -0.384 e. The molecule has 0 aliphatic rings. The Morgan fingerprint density at radius 3 is 2.94 bits per heavy atom. The Kier molecular flexibility index (Phi) is 3.74. The Morgan fingerprint density at radius 1 is 1.39 bits per heavy atom. The molecule has 5 nitrogen and oxygen atoms in total. The molecule has 0 saturated heterocycles. The van der Waals surface area contributed by atoms with Crippen LogP contribution in [0.5, 0.6) is 0 Å². The van der Waals surface area contributed by atoms with E-state index in [1.807, 2.05) is 0 Å². The standard InChI is InChI=1S/C13H10N2O3/c16-8-3-5-10-4-1-2-6-11(10)13(17)14-12-7-9-18-15-12/h1-2,4,6-7,9,16H,8H2,(H,14,15,17). The van der Waals surface area contributed by atoms with Crippen LogP contribution in [0.15, 0.2) is 41.1 Å². The lowest BCUT2D eigenvalue weighted by atomic mass is 10.1. The van der Waals surface area contributed by atoms with Gasteiger partial charge in [-0.1, -0.05) is 29.1 Å². The molecule has 0 unspecified atom stereocenters. The van der Waals surface area contributed by atoms with Crippen LogP contribution in [-0.4, -0.2) is 22.8 Å². The van der Waals surface area contributed by atoms with Gasteiger partial charge in [0.1, 0.15) is 12.9 Å². The lowest BCUT2D eigenvalue weighted by Crippen LogP contribution is -2.13. The fourth-order valence-corrected chi connectivity index (χ4v) is 1.39. The molecule has 2 aromatic rings. The summed E-state index contributed by atoms with van der Waals surface area (Å²) in [5.41, 5.74) is 0.967. The highest BCUT2D eigenvalue weighted by Gasteiger charge is 2.10. The second-order valence-electron chi connectivity index (χ2n) is 3.34. The Labute approximate surface area is 103 Å². The number of hydrogen-bond donors (Lipinski definition) is 2. The summed E-state index contributed by atoms with van der Waals surface area (Å²) in [6.07, 6.45) is 1.37. The maximum Gasteiger partial charge on any atom is 0.258 e. The van der Waals surface area contributed by atoms with E-state index in [0.29, 0.717) is 16.9 Å². The highest BCUT2D eigenvalue weighted by atomic mass is 16.5. The highest BCUT2D eigenvalue weighted by Crippen LogP contribution is 2.10. The van der Waals surface area contributed by atoms with Gasteiger partial charge in [0.15, 0.2) is 5.82 Å². The van der Waals surface area contributed by atoms with Crippen LogP contribution in [0.25, 0.3) is 0 Å². The zero-order chi connectivity index (χ0) is 12.8. The number of benzene rings is 1. The van der Waals surface area contributed by atoms with Gasteiger partial charge in [0.2, 0.25) is 0 Å². The van der Waals surface area contributed by atoms with Crippen molar-refractivity contribution >= 4 is 11.7 Å². The molecule has 0 aliphatic heterocycles. The summed E-state index contributed by atoms with van der Waals surface area (Å²) in [6.45, 7) is -0.251. The molecule has 1 amide bonds. The lowest BCUT2D eigenvalue weighted by molar-refractivity contribution is 0.102. The van der Waals surface area contributed by atoms with Crippen LogP contribution in [0.4, 0.5) is 5.82 Å². The van der Waals surface area contributed by atoms with Crippen molar-refractivity contribution < 1.29 is 14.4 Å². The first kappa shape index (κ1) is 11.9. The molecule has 90 valence electrons. The van der Waals surface area contributed by atoms with Gasteiger partial charge in [0.25, 0.3) is 5.91 Å². The van der Waals surface area contributed by atoms with Crippen molar-refractivity contribution in [1.82, 2.24) is 5.16 Å². The van der Waals surface area contributed by atoms with Gasteiger partial charge >= 0.3 is 0 Å². The molecule has 2 rings (SSSR count). The van der Waals surface area contributed by atoms with Crippen molar-refractivity contribution in [3.63, 3.8) is 0 Å². The van der Waals surface area contributed by atoms with E-state index >= 15 is 0 Å². The van der Waals surface area contributed by atoms with Gasteiger partial charge in [0, 0.05) is 11.6 Å². The average Bonchev–Trinajstić information content (AvgIpc) is 2.89. The molecule has 2 N–H and O–H groups in total. The van der Waals surface area contributed by atoms with Crippen LogP contribution in [0.2, 0.25) is 0 Å². The van der Waals surface area contributed by atoms with E-state index in [1.54, 1.807) is 30.3 Å². The summed E-state index contributed by atoms with van der Waals surface area (Å²) in [5, 5.41) is 14.8. The molecular weight excluding hydrogens is 232 g/mol. The van der Waals surface area contributed by atoms with E-state index in [2.05, 4.69) is 26.8 Å². The number of nitrogens with one attached hydrogen (secondary N) is 1. The normalized spacial score (nSPS) is 9.39. The first-order chi connectivity index (χ1) is 8.81. The number of carbonyl (C=O) groups is 1. The highest BCUT2D eigenvalue weighted by molar-refractivity contribution is 6.05. The predicted molar refractivity (Wildman–Crippen MR) is 64.9 cm³/mol. The number of carbonyl (C=O) groups excluding carboxylic acids is 1. The van der Waals surface area contributed by atoms with Gasteiger partial charge < -0.3 is 14.9 Å². The van der Waals surface area contributed by atoms with E-state index in [0.717, 1.165) is 0 Å². The second kappa shape index (κ2) is 5.66. The third-order valence-corrected chi connectivity index (χ3v) is 2.15. The monoisotopic (exact) mass is 242 g/mol. The number of nitrogens with zero attached hydrogens (tertiary/aromatic N) is 1. The van der Waals surface area contributed by atoms with Crippen molar-refractivity contribution in [3.8, 4) is 11.8 Å². The summed E-state index contributed by atoms with van der Waals surface area (Å²) in [6, 6.07) is 8.41. The molecule has 1 aromatic carbocycles. The smallest absolute Gasteiger partial charge is 0.258 e. The van der Waals surface area contributed by atoms with Gasteiger partial charge in [-0.05, 0) is 12.1 Å². The first-order valence-corrected chi connectivity index (χ1v) is 5.22. The first-order valence-electron chi connectivity index (χ1n) is 5.22. The Hall–Kier alpha value is -2.58. The largest absolute Gasteiger partial charge is 0.384 e. The lowest BCUT2D eigenvalue weighted by Gasteiger charge is -2.03. The summed E-state index contributed by atoms with van der Waals surface area (Å²) < 4.78 is 4.62. The molecule has 1 heterocycles. The minimum atomic E-state index is -0.327. The zero-order valence-electron chi connectivity index (χ0n) is 9.38. The molecule has 0 fully saturated rings. The molecule has 0 saturated carbocycles. The molecule has 0 atom stereocenters. The number of aliphatic hydroxyl groups excluding tert-OH is 1. The Bertz CT molecular complexity index is 594. The third kappa shape index (κ3) is 2.75. The number of anilines is 1. The van der Waals surface area contributed by atoms with E-state index in [9.17, 15) is 4.79 Å². The van der Waals surface area contributed by atoms with Crippen LogP contribution in [0, 0.1) is 11.8 Å². The summed E-state index contributed by atoms with van der Waals surface area (Å²) in [7, 11) is 0. The van der Waals surface area contributed by atoms with Gasteiger partial charge in [-0.15, -0.1) is 0 Å². The number of hydrogen-bond acceptors (Lipinski definition) is 4. The van der Waals surface area contributed by atoms with Crippen LogP contribution in [-0.2, 0) is 0 Å². The van der Waals surface area contributed by atoms with E-state index in [-0.39, 0.29) is 12.5 Å². The fraction of sp³-hybridized carbons (Fsp3) is 0.0769. The quantitative estimate of drug-likeness (QED) is 0.778. The molecule has 5 heteroatoms. The summed E-state index contributed by atoms with van der Waals surface area (Å²) in [4.78, 5) is 12.0. The van der Waals surface area contributed by atoms with E-state index in [1.165, 1.54) is 6.26 Å². The third-order valence-electron chi connectivity index (χ3n) is 2.15. The molecule has 0 radical (unpaired) electrons. The number of aliphatic hydroxyl groups is 1. The van der Waals surface area contributed by atoms with Crippen LogP contribution in [0.1, 0.15) is 15.9 Å². The maximum atomic E-state index is 12.0. The van der Waals surface area contributed by atoms with Crippen LogP contribution >= 0.6 is 0 Å². The maximum absolute atomic E-state index is 12.0. The fourth-order valence-electron chi connectivity index (χ4n) is 1.39. The van der Waals surface area contributed by atoms with E-state index in [4.69, 9.17) is 5.11 Å². The molecule has 0 bridgehead atoms. The number of amides is 1. The van der Waals surface area contributed by atoms with Crippen molar-refractivity contribution in [2.75, 3.05) is 11.9 Å². The van der Waals surface area contributed by atoms with Gasteiger partial charge in [0.05, 0.1) is 5.56 Å². The van der Waals surface area contributed by atoms with Crippen LogP contribution in [0.3, 0.4) is 0 Å². The second-order valence-corrected chi connectivity index (χ2v) is 3.34. The topological polar surface area (TPSA) is 75.4 Å². The molecule has 0 spiro atoms. The SMILES string of the molecule is O=C(Nc1ccon1)c1ccccc1C#CCO. The van der Waals surface area contributed by atoms with Gasteiger partial charge in [-0.25, -0.2) is 0 Å². The van der Waals surface area contributed by atoms with Gasteiger partial charge in [-0.3, -0.25) is 4.79 Å². The molecule has 18 heavy (non-hydrogen) atoms. The minimum absolute atomic E-state index is 0.251. The van der Waals surface area contributed by atoms with Crippen LogP contribution < -0.4 is 5.32 Å². The van der Waals surface area contributed by atoms with Crippen molar-refractivity contribution in [3.05, 3.63) is 47.7 Å². The van der Waals surface area contributed by atoms with Crippen molar-refractivity contribution in [1.29, 1.82) is 0 Å². The zero-order valence-corrected chi connectivity index (χ0v) is 9.38.